The molecule has 1 heterocycles. The summed E-state index contributed by atoms with van der Waals surface area (Å²) in [4.78, 5) is 6.85. The van der Waals surface area contributed by atoms with Crippen LogP contribution >= 0.6 is 11.6 Å². The van der Waals surface area contributed by atoms with Crippen LogP contribution < -0.4 is 10.6 Å². The molecule has 1 aliphatic rings. The van der Waals surface area contributed by atoms with Crippen molar-refractivity contribution in [3.63, 3.8) is 0 Å². The van der Waals surface area contributed by atoms with Gasteiger partial charge in [0, 0.05) is 44.3 Å². The predicted molar refractivity (Wildman–Crippen MR) is 106 cm³/mol. The van der Waals surface area contributed by atoms with Crippen LogP contribution in [0.25, 0.3) is 0 Å². The Kier molecular flexibility index (Phi) is 8.52. The van der Waals surface area contributed by atoms with Gasteiger partial charge in [-0.2, -0.15) is 0 Å². The molecule has 0 saturated carbocycles. The van der Waals surface area contributed by atoms with Gasteiger partial charge in [0.25, 0.3) is 0 Å². The normalized spacial score (nSPS) is 17.6. The molecular weight excluding hydrogens is 336 g/mol. The van der Waals surface area contributed by atoms with Crippen LogP contribution in [0.2, 0.25) is 5.02 Å². The minimum atomic E-state index is 0.478. The molecule has 5 nitrogen and oxygen atoms in total. The number of nitrogens with one attached hydrogen (secondary N) is 2. The number of ether oxygens (including phenoxy) is 1. The second kappa shape index (κ2) is 10.6. The number of morpholine rings is 1. The summed E-state index contributed by atoms with van der Waals surface area (Å²) in [6, 6.07) is 8.44. The molecule has 1 saturated heterocycles. The van der Waals surface area contributed by atoms with Crippen LogP contribution in [-0.4, -0.2) is 63.3 Å². The third-order valence-electron chi connectivity index (χ3n) is 4.63. The zero-order valence-corrected chi connectivity index (χ0v) is 16.4. The molecule has 2 N–H and O–H groups in total. The van der Waals surface area contributed by atoms with E-state index >= 15 is 0 Å². The predicted octanol–water partition coefficient (Wildman–Crippen LogP) is 2.40. The number of rotatable bonds is 7. The van der Waals surface area contributed by atoms with Gasteiger partial charge in [-0.1, -0.05) is 43.6 Å². The molecule has 6 heteroatoms. The second-order valence-corrected chi connectivity index (χ2v) is 7.09. The molecule has 0 spiro atoms. The molecular formula is C19H31ClN4O. The van der Waals surface area contributed by atoms with Gasteiger partial charge in [-0.3, -0.25) is 9.89 Å². The summed E-state index contributed by atoms with van der Waals surface area (Å²) in [5.41, 5.74) is 1.15. The SMILES string of the molecule is CN=C(NCCc1ccccc1Cl)NCC(C(C)C)N1CCOCC1. The van der Waals surface area contributed by atoms with Crippen molar-refractivity contribution in [1.82, 2.24) is 15.5 Å². The highest BCUT2D eigenvalue weighted by molar-refractivity contribution is 6.31. The molecule has 1 fully saturated rings. The number of hydrogen-bond acceptors (Lipinski definition) is 3. The summed E-state index contributed by atoms with van der Waals surface area (Å²) in [6.45, 7) is 9.88. The zero-order valence-electron chi connectivity index (χ0n) is 15.6. The van der Waals surface area contributed by atoms with Crippen LogP contribution in [0.4, 0.5) is 0 Å². The van der Waals surface area contributed by atoms with Gasteiger partial charge in [0.15, 0.2) is 5.96 Å². The Morgan fingerprint density at radius 3 is 2.60 bits per heavy atom. The monoisotopic (exact) mass is 366 g/mol. The molecule has 0 amide bonds. The van der Waals surface area contributed by atoms with E-state index in [-0.39, 0.29) is 0 Å². The summed E-state index contributed by atoms with van der Waals surface area (Å²) in [6.07, 6.45) is 0.872. The Balaban J connectivity index is 1.79. The molecule has 1 aliphatic heterocycles. The second-order valence-electron chi connectivity index (χ2n) is 6.68. The molecule has 25 heavy (non-hydrogen) atoms. The zero-order chi connectivity index (χ0) is 18.1. The van der Waals surface area contributed by atoms with Gasteiger partial charge in [0.2, 0.25) is 0 Å². The number of benzene rings is 1. The van der Waals surface area contributed by atoms with Crippen molar-refractivity contribution in [2.45, 2.75) is 26.3 Å². The fourth-order valence-corrected chi connectivity index (χ4v) is 3.36. The lowest BCUT2D eigenvalue weighted by Crippen LogP contribution is -2.52. The summed E-state index contributed by atoms with van der Waals surface area (Å²) in [5.74, 6) is 1.41. The van der Waals surface area contributed by atoms with Crippen molar-refractivity contribution in [3.05, 3.63) is 34.9 Å². The Morgan fingerprint density at radius 1 is 1.24 bits per heavy atom. The first-order valence-electron chi connectivity index (χ1n) is 9.11. The molecule has 1 unspecified atom stereocenters. The molecule has 0 radical (unpaired) electrons. The third-order valence-corrected chi connectivity index (χ3v) is 5.00. The standard InChI is InChI=1S/C19H31ClN4O/c1-15(2)18(24-10-12-25-13-11-24)14-23-19(21-3)22-9-8-16-6-4-5-7-17(16)20/h4-7,15,18H,8-14H2,1-3H3,(H2,21,22,23). The lowest BCUT2D eigenvalue weighted by molar-refractivity contribution is 0.00752. The number of halogens is 1. The van der Waals surface area contributed by atoms with E-state index in [0.29, 0.717) is 12.0 Å². The summed E-state index contributed by atoms with van der Waals surface area (Å²) in [7, 11) is 1.81. The first-order chi connectivity index (χ1) is 12.1. The first-order valence-corrected chi connectivity index (χ1v) is 9.49. The molecule has 1 atom stereocenters. The smallest absolute Gasteiger partial charge is 0.191 e. The quantitative estimate of drug-likeness (QED) is 0.574. The van der Waals surface area contributed by atoms with Gasteiger partial charge in [0.05, 0.1) is 13.2 Å². The maximum absolute atomic E-state index is 6.21. The van der Waals surface area contributed by atoms with E-state index in [2.05, 4.69) is 40.4 Å². The van der Waals surface area contributed by atoms with Crippen LogP contribution in [0.3, 0.4) is 0 Å². The third kappa shape index (κ3) is 6.49. The topological polar surface area (TPSA) is 48.9 Å². The molecule has 0 aliphatic carbocycles. The van der Waals surface area contributed by atoms with Crippen molar-refractivity contribution < 1.29 is 4.74 Å². The van der Waals surface area contributed by atoms with Crippen molar-refractivity contribution in [2.24, 2.45) is 10.9 Å². The van der Waals surface area contributed by atoms with E-state index < -0.39 is 0 Å². The van der Waals surface area contributed by atoms with Crippen LogP contribution in [0.5, 0.6) is 0 Å². The Labute approximate surface area is 156 Å². The lowest BCUT2D eigenvalue weighted by atomic mass is 10.0. The number of hydrogen-bond donors (Lipinski definition) is 2. The van der Waals surface area contributed by atoms with Gasteiger partial charge in [-0.25, -0.2) is 0 Å². The Hall–Kier alpha value is -1.30. The average molecular weight is 367 g/mol. The maximum atomic E-state index is 6.21. The van der Waals surface area contributed by atoms with Crippen LogP contribution in [0.1, 0.15) is 19.4 Å². The van der Waals surface area contributed by atoms with Crippen molar-refractivity contribution in [1.29, 1.82) is 0 Å². The average Bonchev–Trinajstić information content (AvgIpc) is 2.62. The summed E-state index contributed by atoms with van der Waals surface area (Å²) < 4.78 is 5.47. The summed E-state index contributed by atoms with van der Waals surface area (Å²) in [5, 5.41) is 7.67. The van der Waals surface area contributed by atoms with Gasteiger partial charge >= 0.3 is 0 Å². The van der Waals surface area contributed by atoms with Gasteiger partial charge in [0.1, 0.15) is 0 Å². The lowest BCUT2D eigenvalue weighted by Gasteiger charge is -2.37. The molecule has 1 aromatic carbocycles. The highest BCUT2D eigenvalue weighted by Crippen LogP contribution is 2.15. The van der Waals surface area contributed by atoms with Crippen LogP contribution in [0, 0.1) is 5.92 Å². The minimum absolute atomic E-state index is 0.478. The van der Waals surface area contributed by atoms with Crippen LogP contribution in [0.15, 0.2) is 29.3 Å². The van der Waals surface area contributed by atoms with E-state index in [4.69, 9.17) is 16.3 Å². The number of guanidine groups is 1. The Morgan fingerprint density at radius 2 is 1.96 bits per heavy atom. The van der Waals surface area contributed by atoms with Crippen molar-refractivity contribution in [2.75, 3.05) is 46.4 Å². The molecule has 2 rings (SSSR count). The van der Waals surface area contributed by atoms with Gasteiger partial charge in [-0.15, -0.1) is 0 Å². The van der Waals surface area contributed by atoms with E-state index in [1.165, 1.54) is 0 Å². The van der Waals surface area contributed by atoms with Crippen molar-refractivity contribution >= 4 is 17.6 Å². The molecule has 1 aromatic rings. The molecule has 0 bridgehead atoms. The number of aliphatic imine (C=N–C) groups is 1. The van der Waals surface area contributed by atoms with E-state index in [9.17, 15) is 0 Å². The van der Waals surface area contributed by atoms with Crippen molar-refractivity contribution in [3.8, 4) is 0 Å². The van der Waals surface area contributed by atoms with E-state index in [1.807, 2.05) is 25.2 Å². The highest BCUT2D eigenvalue weighted by Gasteiger charge is 2.23. The van der Waals surface area contributed by atoms with E-state index in [0.717, 1.165) is 62.4 Å². The highest BCUT2D eigenvalue weighted by atomic mass is 35.5. The van der Waals surface area contributed by atoms with Crippen LogP contribution in [-0.2, 0) is 11.2 Å². The maximum Gasteiger partial charge on any atom is 0.191 e. The Bertz CT molecular complexity index is 544. The fraction of sp³-hybridized carbons (Fsp3) is 0.632. The minimum Gasteiger partial charge on any atom is -0.379 e. The fourth-order valence-electron chi connectivity index (χ4n) is 3.13. The van der Waals surface area contributed by atoms with Gasteiger partial charge in [-0.05, 0) is 24.0 Å². The largest absolute Gasteiger partial charge is 0.379 e. The van der Waals surface area contributed by atoms with Gasteiger partial charge < -0.3 is 15.4 Å². The molecule has 140 valence electrons. The van der Waals surface area contributed by atoms with E-state index in [1.54, 1.807) is 0 Å². The number of nitrogens with zero attached hydrogens (tertiary/aromatic N) is 2. The summed E-state index contributed by atoms with van der Waals surface area (Å²) >= 11 is 6.21. The first kappa shape index (κ1) is 20.0. The molecule has 0 aromatic heterocycles.